The van der Waals surface area contributed by atoms with Crippen LogP contribution in [-0.4, -0.2) is 66.5 Å². The average molecular weight is 469 g/mol. The molecule has 0 aromatic carbocycles. The van der Waals surface area contributed by atoms with Crippen molar-refractivity contribution >= 4 is 53.6 Å². The molecule has 3 amide bonds. The van der Waals surface area contributed by atoms with Crippen LogP contribution in [0, 0.1) is 5.92 Å². The Kier molecular flexibility index (Phi) is 8.10. The first-order valence-corrected chi connectivity index (χ1v) is 9.31. The number of amides is 3. The number of carbonyl (C=O) groups is 2. The van der Waals surface area contributed by atoms with Crippen LogP contribution < -0.4 is 16.0 Å². The summed E-state index contributed by atoms with van der Waals surface area (Å²) in [4.78, 5) is 30.0. The molecule has 138 valence electrons. The summed E-state index contributed by atoms with van der Waals surface area (Å²) in [6.07, 6.45) is 3.80. The van der Waals surface area contributed by atoms with E-state index in [0.29, 0.717) is 5.25 Å². The molecule has 0 bridgehead atoms. The minimum absolute atomic E-state index is 0. The van der Waals surface area contributed by atoms with Gasteiger partial charge < -0.3 is 15.5 Å². The lowest BCUT2D eigenvalue weighted by Crippen LogP contribution is -2.55. The molecule has 9 heteroatoms. The molecule has 0 aromatic rings. The van der Waals surface area contributed by atoms with Gasteiger partial charge in [-0.1, -0.05) is 6.92 Å². The van der Waals surface area contributed by atoms with Gasteiger partial charge in [0.25, 0.3) is 5.91 Å². The Bertz CT molecular complexity index is 496. The van der Waals surface area contributed by atoms with Gasteiger partial charge in [0, 0.05) is 31.9 Å². The van der Waals surface area contributed by atoms with Gasteiger partial charge in [-0.15, -0.1) is 24.0 Å². The molecule has 2 unspecified atom stereocenters. The van der Waals surface area contributed by atoms with Gasteiger partial charge in [0.15, 0.2) is 5.96 Å². The van der Waals surface area contributed by atoms with Crippen LogP contribution in [0.1, 0.15) is 26.7 Å². The minimum atomic E-state index is -0.784. The van der Waals surface area contributed by atoms with Crippen LogP contribution in [0.5, 0.6) is 0 Å². The highest BCUT2D eigenvalue weighted by Gasteiger charge is 2.48. The molecular formula is C15H28IN5O2S. The number of urea groups is 1. The SMILES string of the molecule is CN=C(NCC(C)SC)N1CCC(C2(C)NC(=O)NC2=O)CC1.I. The Morgan fingerprint density at radius 1 is 1.46 bits per heavy atom. The smallest absolute Gasteiger partial charge is 0.322 e. The number of nitrogens with zero attached hydrogens (tertiary/aromatic N) is 2. The number of imide groups is 1. The number of rotatable bonds is 4. The summed E-state index contributed by atoms with van der Waals surface area (Å²) in [5.74, 6) is 0.847. The third kappa shape index (κ3) is 4.68. The summed E-state index contributed by atoms with van der Waals surface area (Å²) >= 11 is 1.82. The molecule has 3 N–H and O–H groups in total. The van der Waals surface area contributed by atoms with E-state index in [-0.39, 0.29) is 41.8 Å². The van der Waals surface area contributed by atoms with Gasteiger partial charge in [-0.25, -0.2) is 4.79 Å². The standard InChI is InChI=1S/C15H27N5O2S.HI/c1-10(23-4)9-17-13(16-3)20-7-5-11(6-8-20)15(2)12(21)18-14(22)19-15;/h10-11H,5-9H2,1-4H3,(H,16,17)(H2,18,19,21,22);1H. The Labute approximate surface area is 165 Å². The number of piperidine rings is 1. The number of likely N-dealkylation sites (tertiary alicyclic amines) is 1. The van der Waals surface area contributed by atoms with E-state index < -0.39 is 5.54 Å². The van der Waals surface area contributed by atoms with Crippen molar-refractivity contribution in [3.63, 3.8) is 0 Å². The van der Waals surface area contributed by atoms with E-state index in [1.807, 2.05) is 18.7 Å². The largest absolute Gasteiger partial charge is 0.355 e. The Morgan fingerprint density at radius 2 is 2.08 bits per heavy atom. The molecule has 2 rings (SSSR count). The van der Waals surface area contributed by atoms with E-state index in [1.165, 1.54) is 0 Å². The van der Waals surface area contributed by atoms with Crippen LogP contribution in [0.2, 0.25) is 0 Å². The van der Waals surface area contributed by atoms with E-state index >= 15 is 0 Å². The van der Waals surface area contributed by atoms with Crippen LogP contribution in [-0.2, 0) is 4.79 Å². The van der Waals surface area contributed by atoms with Crippen LogP contribution >= 0.6 is 35.7 Å². The topological polar surface area (TPSA) is 85.8 Å². The average Bonchev–Trinajstić information content (AvgIpc) is 2.81. The number of guanidine groups is 1. The van der Waals surface area contributed by atoms with Crippen molar-refractivity contribution in [1.29, 1.82) is 0 Å². The molecule has 2 heterocycles. The molecule has 0 spiro atoms. The van der Waals surface area contributed by atoms with Gasteiger partial charge in [-0.05, 0) is 31.9 Å². The first-order chi connectivity index (χ1) is 10.9. The zero-order chi connectivity index (χ0) is 17.0. The lowest BCUT2D eigenvalue weighted by atomic mass is 9.79. The maximum absolute atomic E-state index is 12.0. The van der Waals surface area contributed by atoms with Crippen LogP contribution in [0.4, 0.5) is 4.79 Å². The number of carbonyl (C=O) groups excluding carboxylic acids is 2. The Morgan fingerprint density at radius 3 is 2.54 bits per heavy atom. The Balaban J connectivity index is 0.00000288. The molecular weight excluding hydrogens is 441 g/mol. The third-order valence-electron chi connectivity index (χ3n) is 4.84. The first-order valence-electron chi connectivity index (χ1n) is 8.02. The van der Waals surface area contributed by atoms with E-state index in [0.717, 1.165) is 38.4 Å². The number of nitrogens with one attached hydrogen (secondary N) is 3. The molecule has 0 radical (unpaired) electrons. The maximum atomic E-state index is 12.0. The predicted octanol–water partition coefficient (Wildman–Crippen LogP) is 1.24. The second kappa shape index (κ2) is 9.12. The van der Waals surface area contributed by atoms with Crippen molar-refractivity contribution in [2.75, 3.05) is 32.9 Å². The molecule has 0 aromatic heterocycles. The fourth-order valence-electron chi connectivity index (χ4n) is 3.16. The first kappa shape index (κ1) is 21.3. The van der Waals surface area contributed by atoms with Crippen molar-refractivity contribution in [2.24, 2.45) is 10.9 Å². The summed E-state index contributed by atoms with van der Waals surface area (Å²) in [6, 6.07) is -0.386. The lowest BCUT2D eigenvalue weighted by Gasteiger charge is -2.39. The second-order valence-corrected chi connectivity index (χ2v) is 7.62. The van der Waals surface area contributed by atoms with Crippen molar-refractivity contribution < 1.29 is 9.59 Å². The van der Waals surface area contributed by atoms with Gasteiger partial charge in [-0.3, -0.25) is 15.1 Å². The van der Waals surface area contributed by atoms with E-state index in [2.05, 4.69) is 39.0 Å². The van der Waals surface area contributed by atoms with Crippen molar-refractivity contribution in [2.45, 2.75) is 37.5 Å². The van der Waals surface area contributed by atoms with Crippen molar-refractivity contribution in [3.8, 4) is 0 Å². The highest BCUT2D eigenvalue weighted by atomic mass is 127. The maximum Gasteiger partial charge on any atom is 0.322 e. The predicted molar refractivity (Wildman–Crippen MR) is 109 cm³/mol. The molecule has 2 aliphatic rings. The number of hydrogen-bond acceptors (Lipinski definition) is 4. The molecule has 2 atom stereocenters. The van der Waals surface area contributed by atoms with Gasteiger partial charge in [0.2, 0.25) is 0 Å². The fraction of sp³-hybridized carbons (Fsp3) is 0.800. The number of thioether (sulfide) groups is 1. The van der Waals surface area contributed by atoms with Crippen LogP contribution in [0.15, 0.2) is 4.99 Å². The van der Waals surface area contributed by atoms with Gasteiger partial charge in [0.1, 0.15) is 5.54 Å². The zero-order valence-electron chi connectivity index (χ0n) is 14.7. The molecule has 2 fully saturated rings. The lowest BCUT2D eigenvalue weighted by molar-refractivity contribution is -0.125. The highest BCUT2D eigenvalue weighted by Crippen LogP contribution is 2.30. The summed E-state index contributed by atoms with van der Waals surface area (Å²) in [7, 11) is 1.80. The van der Waals surface area contributed by atoms with Crippen LogP contribution in [0.3, 0.4) is 0 Å². The van der Waals surface area contributed by atoms with E-state index in [4.69, 9.17) is 0 Å². The van der Waals surface area contributed by atoms with Gasteiger partial charge in [-0.2, -0.15) is 11.8 Å². The van der Waals surface area contributed by atoms with Crippen molar-refractivity contribution in [3.05, 3.63) is 0 Å². The van der Waals surface area contributed by atoms with Gasteiger partial charge in [0.05, 0.1) is 0 Å². The molecule has 2 saturated heterocycles. The van der Waals surface area contributed by atoms with Crippen molar-refractivity contribution in [1.82, 2.24) is 20.9 Å². The van der Waals surface area contributed by atoms with E-state index in [1.54, 1.807) is 7.05 Å². The molecule has 24 heavy (non-hydrogen) atoms. The summed E-state index contributed by atoms with van der Waals surface area (Å²) in [5, 5.41) is 9.07. The van der Waals surface area contributed by atoms with E-state index in [9.17, 15) is 9.59 Å². The molecule has 0 aliphatic carbocycles. The zero-order valence-corrected chi connectivity index (χ0v) is 17.9. The monoisotopic (exact) mass is 469 g/mol. The number of aliphatic imine (C=N–C) groups is 1. The van der Waals surface area contributed by atoms with Gasteiger partial charge >= 0.3 is 6.03 Å². The quantitative estimate of drug-likeness (QED) is 0.250. The third-order valence-corrected chi connectivity index (χ3v) is 5.82. The number of hydrogen-bond donors (Lipinski definition) is 3. The summed E-state index contributed by atoms with van der Waals surface area (Å²) < 4.78 is 0. The molecule has 2 aliphatic heterocycles. The highest BCUT2D eigenvalue weighted by molar-refractivity contribution is 14.0. The number of halogens is 1. The Hall–Kier alpha value is -0.710. The normalized spacial score (nSPS) is 26.5. The minimum Gasteiger partial charge on any atom is -0.355 e. The summed E-state index contributed by atoms with van der Waals surface area (Å²) in [5.41, 5.74) is -0.784. The molecule has 7 nitrogen and oxygen atoms in total. The molecule has 0 saturated carbocycles. The van der Waals surface area contributed by atoms with Crippen LogP contribution in [0.25, 0.3) is 0 Å². The second-order valence-electron chi connectivity index (χ2n) is 6.35. The summed E-state index contributed by atoms with van der Waals surface area (Å²) in [6.45, 7) is 6.54. The fourth-order valence-corrected chi connectivity index (χ4v) is 3.41.